The van der Waals surface area contributed by atoms with Crippen LogP contribution in [0, 0.1) is 10.6 Å². The summed E-state index contributed by atoms with van der Waals surface area (Å²) in [6, 6.07) is 12.9. The molecule has 138 valence electrons. The zero-order chi connectivity index (χ0) is 19.4. The first kappa shape index (κ1) is 18.5. The number of hydrogen-bond acceptors (Lipinski definition) is 3. The molecule has 1 heterocycles. The summed E-state index contributed by atoms with van der Waals surface area (Å²) in [6.07, 6.45) is 1.51. The second-order valence-corrected chi connectivity index (χ2v) is 6.24. The van der Waals surface area contributed by atoms with E-state index in [1.54, 1.807) is 28.8 Å². The summed E-state index contributed by atoms with van der Waals surface area (Å²) >= 11 is 5.23. The van der Waals surface area contributed by atoms with Crippen LogP contribution in [0.3, 0.4) is 0 Å². The van der Waals surface area contributed by atoms with Crippen LogP contribution in [0.15, 0.2) is 54.7 Å². The van der Waals surface area contributed by atoms with Crippen molar-refractivity contribution in [3.63, 3.8) is 0 Å². The molecule has 2 aromatic carbocycles. The molecule has 0 radical (unpaired) electrons. The lowest BCUT2D eigenvalue weighted by molar-refractivity contribution is -0.114. The van der Waals surface area contributed by atoms with Gasteiger partial charge in [0.2, 0.25) is 5.91 Å². The standard InChI is InChI=1S/C19H17FN4O2S/c1-12(25)23-15-6-2-13(3-7-15)10-21-18(26)17-11-22-19(27)24(17)16-8-4-14(20)5-9-16/h2-9,11H,10H2,1H3,(H,21,26)(H,22,27)(H,23,25). The highest BCUT2D eigenvalue weighted by Gasteiger charge is 2.14. The summed E-state index contributed by atoms with van der Waals surface area (Å²) in [4.78, 5) is 26.5. The summed E-state index contributed by atoms with van der Waals surface area (Å²) in [5.41, 5.74) is 2.47. The largest absolute Gasteiger partial charge is 0.347 e. The van der Waals surface area contributed by atoms with Gasteiger partial charge in [-0.15, -0.1) is 0 Å². The molecule has 0 aliphatic rings. The molecule has 0 atom stereocenters. The van der Waals surface area contributed by atoms with Gasteiger partial charge >= 0.3 is 0 Å². The molecule has 27 heavy (non-hydrogen) atoms. The number of aromatic nitrogens is 2. The van der Waals surface area contributed by atoms with E-state index in [-0.39, 0.29) is 17.6 Å². The molecule has 0 aliphatic heterocycles. The number of hydrogen-bond donors (Lipinski definition) is 3. The maximum absolute atomic E-state index is 13.1. The molecule has 3 rings (SSSR count). The van der Waals surface area contributed by atoms with Crippen molar-refractivity contribution in [1.82, 2.24) is 14.9 Å². The van der Waals surface area contributed by atoms with Gasteiger partial charge in [0.05, 0.1) is 0 Å². The number of benzene rings is 2. The first-order chi connectivity index (χ1) is 12.9. The number of rotatable bonds is 5. The van der Waals surface area contributed by atoms with E-state index < -0.39 is 0 Å². The van der Waals surface area contributed by atoms with Gasteiger partial charge < -0.3 is 15.6 Å². The summed E-state index contributed by atoms with van der Waals surface area (Å²) in [5.74, 6) is -0.833. The normalized spacial score (nSPS) is 10.4. The average Bonchev–Trinajstić information content (AvgIpc) is 3.03. The van der Waals surface area contributed by atoms with Gasteiger partial charge in [-0.05, 0) is 54.2 Å². The molecule has 6 nitrogen and oxygen atoms in total. The zero-order valence-corrected chi connectivity index (χ0v) is 15.3. The fourth-order valence-corrected chi connectivity index (χ4v) is 2.83. The Morgan fingerprint density at radius 2 is 1.78 bits per heavy atom. The molecule has 0 unspecified atom stereocenters. The van der Waals surface area contributed by atoms with Crippen molar-refractivity contribution in [2.75, 3.05) is 5.32 Å². The predicted octanol–water partition coefficient (Wildman–Crippen LogP) is 3.56. The van der Waals surface area contributed by atoms with Crippen LogP contribution in [0.5, 0.6) is 0 Å². The lowest BCUT2D eigenvalue weighted by Crippen LogP contribution is -2.25. The fourth-order valence-electron chi connectivity index (χ4n) is 2.56. The van der Waals surface area contributed by atoms with Crippen LogP contribution in [0.1, 0.15) is 23.0 Å². The zero-order valence-electron chi connectivity index (χ0n) is 14.5. The Labute approximate surface area is 160 Å². The first-order valence-electron chi connectivity index (χ1n) is 8.15. The van der Waals surface area contributed by atoms with E-state index in [1.807, 2.05) is 12.1 Å². The Morgan fingerprint density at radius 1 is 1.11 bits per heavy atom. The number of nitrogens with zero attached hydrogens (tertiary/aromatic N) is 1. The SMILES string of the molecule is CC(=O)Nc1ccc(CNC(=O)c2c[nH]c(=S)n2-c2ccc(F)cc2)cc1. The van der Waals surface area contributed by atoms with Crippen molar-refractivity contribution in [2.45, 2.75) is 13.5 Å². The molecule has 0 saturated carbocycles. The highest BCUT2D eigenvalue weighted by Crippen LogP contribution is 2.14. The fraction of sp³-hybridized carbons (Fsp3) is 0.105. The van der Waals surface area contributed by atoms with Crippen LogP contribution >= 0.6 is 12.2 Å². The van der Waals surface area contributed by atoms with Crippen LogP contribution in [-0.4, -0.2) is 21.4 Å². The molecule has 3 aromatic rings. The van der Waals surface area contributed by atoms with Crippen LogP contribution in [-0.2, 0) is 11.3 Å². The Morgan fingerprint density at radius 3 is 2.41 bits per heavy atom. The van der Waals surface area contributed by atoms with Crippen molar-refractivity contribution in [3.8, 4) is 5.69 Å². The molecule has 0 bridgehead atoms. The van der Waals surface area contributed by atoms with Gasteiger partial charge in [-0.1, -0.05) is 12.1 Å². The number of aromatic amines is 1. The van der Waals surface area contributed by atoms with E-state index in [9.17, 15) is 14.0 Å². The summed E-state index contributed by atoms with van der Waals surface area (Å²) in [7, 11) is 0. The summed E-state index contributed by atoms with van der Waals surface area (Å²) < 4.78 is 15.0. The van der Waals surface area contributed by atoms with Crippen molar-refractivity contribution >= 4 is 29.7 Å². The molecular weight excluding hydrogens is 367 g/mol. The summed E-state index contributed by atoms with van der Waals surface area (Å²) in [6.45, 7) is 1.75. The van der Waals surface area contributed by atoms with E-state index >= 15 is 0 Å². The Kier molecular flexibility index (Phi) is 5.46. The van der Waals surface area contributed by atoms with Gasteiger partial charge in [0.1, 0.15) is 11.5 Å². The Hall–Kier alpha value is -3.26. The van der Waals surface area contributed by atoms with Crippen molar-refractivity contribution in [3.05, 3.63) is 76.6 Å². The number of anilines is 1. The van der Waals surface area contributed by atoms with Crippen LogP contribution in [0.4, 0.5) is 10.1 Å². The molecule has 2 amide bonds. The van der Waals surface area contributed by atoms with Crippen LogP contribution in [0.2, 0.25) is 0 Å². The molecule has 1 aromatic heterocycles. The Bertz CT molecular complexity index is 1020. The van der Waals surface area contributed by atoms with Gasteiger partial charge in [-0.25, -0.2) is 4.39 Å². The van der Waals surface area contributed by atoms with E-state index in [0.29, 0.717) is 28.4 Å². The number of imidazole rings is 1. The third-order valence-corrected chi connectivity index (χ3v) is 4.12. The van der Waals surface area contributed by atoms with Gasteiger partial charge in [-0.3, -0.25) is 14.2 Å². The predicted molar refractivity (Wildman–Crippen MR) is 103 cm³/mol. The monoisotopic (exact) mass is 384 g/mol. The van der Waals surface area contributed by atoms with E-state index in [2.05, 4.69) is 15.6 Å². The van der Waals surface area contributed by atoms with Gasteiger partial charge in [-0.2, -0.15) is 0 Å². The quantitative estimate of drug-likeness (QED) is 0.589. The molecule has 0 spiro atoms. The van der Waals surface area contributed by atoms with E-state index in [4.69, 9.17) is 12.2 Å². The third kappa shape index (κ3) is 4.48. The molecule has 3 N–H and O–H groups in total. The minimum atomic E-state index is -0.366. The molecule has 0 aliphatic carbocycles. The van der Waals surface area contributed by atoms with Crippen molar-refractivity contribution < 1.29 is 14.0 Å². The third-order valence-electron chi connectivity index (χ3n) is 3.82. The maximum atomic E-state index is 13.1. The van der Waals surface area contributed by atoms with Crippen LogP contribution in [0.25, 0.3) is 5.69 Å². The summed E-state index contributed by atoms with van der Waals surface area (Å²) in [5, 5.41) is 5.51. The number of amides is 2. The number of carbonyl (C=O) groups is 2. The van der Waals surface area contributed by atoms with Crippen molar-refractivity contribution in [2.24, 2.45) is 0 Å². The molecular formula is C19H17FN4O2S. The lowest BCUT2D eigenvalue weighted by atomic mass is 10.2. The van der Waals surface area contributed by atoms with Gasteiger partial charge in [0.25, 0.3) is 5.91 Å². The molecule has 8 heteroatoms. The molecule has 0 saturated heterocycles. The van der Waals surface area contributed by atoms with Gasteiger partial charge in [0, 0.05) is 31.0 Å². The number of H-pyrrole nitrogens is 1. The molecule has 0 fully saturated rings. The van der Waals surface area contributed by atoms with E-state index in [0.717, 1.165) is 5.56 Å². The van der Waals surface area contributed by atoms with Gasteiger partial charge in [0.15, 0.2) is 4.77 Å². The number of nitrogens with one attached hydrogen (secondary N) is 3. The lowest BCUT2D eigenvalue weighted by Gasteiger charge is -2.10. The topological polar surface area (TPSA) is 78.9 Å². The highest BCUT2D eigenvalue weighted by atomic mass is 32.1. The highest BCUT2D eigenvalue weighted by molar-refractivity contribution is 7.71. The number of carbonyl (C=O) groups excluding carboxylic acids is 2. The first-order valence-corrected chi connectivity index (χ1v) is 8.56. The number of halogens is 1. The van der Waals surface area contributed by atoms with Crippen LogP contribution < -0.4 is 10.6 Å². The smallest absolute Gasteiger partial charge is 0.270 e. The maximum Gasteiger partial charge on any atom is 0.270 e. The second-order valence-electron chi connectivity index (χ2n) is 5.85. The minimum absolute atomic E-state index is 0.145. The van der Waals surface area contributed by atoms with Crippen molar-refractivity contribution in [1.29, 1.82) is 0 Å². The van der Waals surface area contributed by atoms with E-state index in [1.165, 1.54) is 25.3 Å². The Balaban J connectivity index is 1.73. The average molecular weight is 384 g/mol. The second kappa shape index (κ2) is 7.96. The minimum Gasteiger partial charge on any atom is -0.347 e.